The monoisotopic (exact) mass is 392 g/mol. The van der Waals surface area contributed by atoms with E-state index in [0.717, 1.165) is 11.3 Å². The van der Waals surface area contributed by atoms with Gasteiger partial charge in [0.25, 0.3) is 5.91 Å². The zero-order chi connectivity index (χ0) is 19.0. The van der Waals surface area contributed by atoms with Crippen molar-refractivity contribution in [1.82, 2.24) is 19.7 Å². The number of likely N-dealkylation sites (N-methyl/N-ethyl adjacent to an activating group) is 1. The van der Waals surface area contributed by atoms with Crippen LogP contribution in [0.5, 0.6) is 0 Å². The molecule has 0 bridgehead atoms. The molecule has 1 aliphatic rings. The van der Waals surface area contributed by atoms with E-state index >= 15 is 0 Å². The van der Waals surface area contributed by atoms with Crippen molar-refractivity contribution in [3.63, 3.8) is 0 Å². The summed E-state index contributed by atoms with van der Waals surface area (Å²) < 4.78 is 2.29. The van der Waals surface area contributed by atoms with Crippen LogP contribution in [0.1, 0.15) is 11.4 Å². The first kappa shape index (κ1) is 17.6. The second kappa shape index (κ2) is 7.09. The molecular formula is C20H16N4OS2. The minimum atomic E-state index is -0.121. The molecule has 4 rings (SSSR count). The van der Waals surface area contributed by atoms with E-state index in [0.29, 0.717) is 20.9 Å². The molecule has 1 aromatic heterocycles. The molecule has 0 aliphatic carbocycles. The molecule has 0 unspecified atom stereocenters. The quantitative estimate of drug-likeness (QED) is 0.497. The summed E-state index contributed by atoms with van der Waals surface area (Å²) in [5.41, 5.74) is 2.97. The molecule has 27 heavy (non-hydrogen) atoms. The van der Waals surface area contributed by atoms with Crippen molar-refractivity contribution >= 4 is 40.3 Å². The number of hydrogen-bond donors (Lipinski definition) is 0. The molecule has 134 valence electrons. The van der Waals surface area contributed by atoms with E-state index in [4.69, 9.17) is 12.2 Å². The van der Waals surface area contributed by atoms with E-state index in [-0.39, 0.29) is 5.91 Å². The van der Waals surface area contributed by atoms with Gasteiger partial charge in [0.1, 0.15) is 4.32 Å². The number of aryl methyl sites for hydroxylation is 1. The van der Waals surface area contributed by atoms with Gasteiger partial charge in [-0.05, 0) is 19.1 Å². The maximum atomic E-state index is 12.4. The van der Waals surface area contributed by atoms with Crippen LogP contribution >= 0.6 is 24.0 Å². The van der Waals surface area contributed by atoms with E-state index in [1.54, 1.807) is 17.8 Å². The summed E-state index contributed by atoms with van der Waals surface area (Å²) in [6.07, 6.45) is 1.75. The van der Waals surface area contributed by atoms with Crippen LogP contribution in [-0.2, 0) is 4.79 Å². The largest absolute Gasteiger partial charge is 0.296 e. The summed E-state index contributed by atoms with van der Waals surface area (Å²) in [5.74, 6) is 1.08. The van der Waals surface area contributed by atoms with Crippen molar-refractivity contribution < 1.29 is 4.79 Å². The Kier molecular flexibility index (Phi) is 4.63. The van der Waals surface area contributed by atoms with Gasteiger partial charge in [-0.25, -0.2) is 9.67 Å². The summed E-state index contributed by atoms with van der Waals surface area (Å²) in [7, 11) is 1.68. The molecule has 0 radical (unpaired) electrons. The lowest BCUT2D eigenvalue weighted by Crippen LogP contribution is -2.22. The number of carbonyl (C=O) groups excluding carboxylic acids is 1. The highest BCUT2D eigenvalue weighted by Crippen LogP contribution is 2.31. The number of carbonyl (C=O) groups is 1. The molecule has 0 saturated carbocycles. The fourth-order valence-electron chi connectivity index (χ4n) is 2.66. The van der Waals surface area contributed by atoms with Crippen LogP contribution in [0.25, 0.3) is 23.2 Å². The first-order valence-corrected chi connectivity index (χ1v) is 9.56. The maximum Gasteiger partial charge on any atom is 0.266 e. The summed E-state index contributed by atoms with van der Waals surface area (Å²) in [6.45, 7) is 2.04. The molecule has 1 aliphatic heterocycles. The summed E-state index contributed by atoms with van der Waals surface area (Å²) in [6, 6.07) is 17.8. The Morgan fingerprint density at radius 2 is 1.78 bits per heavy atom. The molecule has 5 nitrogen and oxygen atoms in total. The third kappa shape index (κ3) is 3.43. The van der Waals surface area contributed by atoms with E-state index in [2.05, 4.69) is 10.1 Å². The molecule has 0 N–H and O–H groups in total. The number of rotatable bonds is 3. The molecule has 1 saturated heterocycles. The second-order valence-corrected chi connectivity index (χ2v) is 7.82. The zero-order valence-electron chi connectivity index (χ0n) is 14.8. The Morgan fingerprint density at radius 1 is 1.07 bits per heavy atom. The maximum absolute atomic E-state index is 12.4. The van der Waals surface area contributed by atoms with Gasteiger partial charge in [0.05, 0.1) is 10.6 Å². The molecule has 1 fully saturated rings. The smallest absolute Gasteiger partial charge is 0.266 e. The molecule has 7 heteroatoms. The Bertz CT molecular complexity index is 1060. The highest BCUT2D eigenvalue weighted by molar-refractivity contribution is 8.26. The van der Waals surface area contributed by atoms with Crippen molar-refractivity contribution in [2.75, 3.05) is 7.05 Å². The number of thiocarbonyl (C=S) groups is 1. The molecule has 0 atom stereocenters. The van der Waals surface area contributed by atoms with Crippen LogP contribution in [0.2, 0.25) is 0 Å². The Labute approximate surface area is 166 Å². The third-order valence-electron chi connectivity index (χ3n) is 4.19. The number of benzene rings is 2. The predicted molar refractivity (Wildman–Crippen MR) is 112 cm³/mol. The van der Waals surface area contributed by atoms with Crippen LogP contribution in [0.4, 0.5) is 0 Å². The summed E-state index contributed by atoms with van der Waals surface area (Å²) in [4.78, 5) is 19.1. The molecule has 2 heterocycles. The van der Waals surface area contributed by atoms with Gasteiger partial charge in [0, 0.05) is 18.7 Å². The SMILES string of the molecule is Cc1ccc(-c2nc(C=C3SC(=S)N(C)C3=O)n(-c3ccccc3)n2)cc1. The predicted octanol–water partition coefficient (Wildman–Crippen LogP) is 4.07. The fourth-order valence-corrected chi connectivity index (χ4v) is 3.81. The minimum Gasteiger partial charge on any atom is -0.296 e. The first-order chi connectivity index (χ1) is 13.0. The average Bonchev–Trinajstić information content (AvgIpc) is 3.20. The van der Waals surface area contributed by atoms with Gasteiger partial charge in [0.15, 0.2) is 11.6 Å². The number of hydrogen-bond acceptors (Lipinski definition) is 5. The van der Waals surface area contributed by atoms with Gasteiger partial charge < -0.3 is 0 Å². The van der Waals surface area contributed by atoms with Crippen molar-refractivity contribution in [1.29, 1.82) is 0 Å². The average molecular weight is 393 g/mol. The second-order valence-electron chi connectivity index (χ2n) is 6.15. The van der Waals surface area contributed by atoms with Crippen molar-refractivity contribution in [2.45, 2.75) is 6.92 Å². The number of thioether (sulfide) groups is 1. The van der Waals surface area contributed by atoms with Crippen molar-refractivity contribution in [3.8, 4) is 17.1 Å². The third-order valence-corrected chi connectivity index (χ3v) is 5.67. The van der Waals surface area contributed by atoms with E-state index < -0.39 is 0 Å². The van der Waals surface area contributed by atoms with Crippen LogP contribution in [0, 0.1) is 6.92 Å². The van der Waals surface area contributed by atoms with Crippen LogP contribution in [0.15, 0.2) is 59.5 Å². The molecular weight excluding hydrogens is 376 g/mol. The fraction of sp³-hybridized carbons (Fsp3) is 0.100. The standard InChI is InChI=1S/C20H16N4OS2/c1-13-8-10-14(11-9-13)18-21-17(12-16-19(25)23(2)20(26)27-16)24(22-18)15-6-4-3-5-7-15/h3-12H,1-2H3. The van der Waals surface area contributed by atoms with Crippen LogP contribution < -0.4 is 0 Å². The van der Waals surface area contributed by atoms with Crippen LogP contribution in [0.3, 0.4) is 0 Å². The topological polar surface area (TPSA) is 51.0 Å². The normalized spacial score (nSPS) is 15.8. The van der Waals surface area contributed by atoms with Gasteiger partial charge in [-0.3, -0.25) is 9.69 Å². The summed E-state index contributed by atoms with van der Waals surface area (Å²) >= 11 is 6.49. The number of aromatic nitrogens is 3. The highest BCUT2D eigenvalue weighted by Gasteiger charge is 2.29. The lowest BCUT2D eigenvalue weighted by molar-refractivity contribution is -0.121. The zero-order valence-corrected chi connectivity index (χ0v) is 16.4. The van der Waals surface area contributed by atoms with Crippen molar-refractivity contribution in [2.24, 2.45) is 0 Å². The van der Waals surface area contributed by atoms with Gasteiger partial charge in [0.2, 0.25) is 0 Å². The van der Waals surface area contributed by atoms with E-state index in [1.807, 2.05) is 61.5 Å². The van der Waals surface area contributed by atoms with Gasteiger partial charge >= 0.3 is 0 Å². The van der Waals surface area contributed by atoms with E-state index in [9.17, 15) is 4.79 Å². The molecule has 3 aromatic rings. The van der Waals surface area contributed by atoms with Gasteiger partial charge in [-0.2, -0.15) is 0 Å². The Morgan fingerprint density at radius 3 is 2.41 bits per heavy atom. The van der Waals surface area contributed by atoms with Crippen molar-refractivity contribution in [3.05, 3.63) is 70.9 Å². The van der Waals surface area contributed by atoms with Crippen LogP contribution in [-0.4, -0.2) is 36.9 Å². The number of amides is 1. The Hall–Kier alpha value is -2.77. The highest BCUT2D eigenvalue weighted by atomic mass is 32.2. The van der Waals surface area contributed by atoms with E-state index in [1.165, 1.54) is 22.2 Å². The van der Waals surface area contributed by atoms with Gasteiger partial charge in [-0.1, -0.05) is 72.0 Å². The number of para-hydroxylation sites is 1. The Balaban J connectivity index is 1.83. The summed E-state index contributed by atoms with van der Waals surface area (Å²) in [5, 5.41) is 4.68. The lowest BCUT2D eigenvalue weighted by Gasteiger charge is -2.04. The first-order valence-electron chi connectivity index (χ1n) is 8.34. The minimum absolute atomic E-state index is 0.121. The molecule has 0 spiro atoms. The van der Waals surface area contributed by atoms with Gasteiger partial charge in [-0.15, -0.1) is 5.10 Å². The number of nitrogens with zero attached hydrogens (tertiary/aromatic N) is 4. The lowest BCUT2D eigenvalue weighted by atomic mass is 10.1. The molecule has 1 amide bonds. The molecule has 2 aromatic carbocycles.